The third-order valence-corrected chi connectivity index (χ3v) is 7.33. The van der Waals surface area contributed by atoms with Crippen LogP contribution < -0.4 is 5.32 Å². The fourth-order valence-corrected chi connectivity index (χ4v) is 5.13. The molecule has 0 saturated carbocycles. The number of hydrogen-bond donors (Lipinski definition) is 1. The average molecular weight is 429 g/mol. The summed E-state index contributed by atoms with van der Waals surface area (Å²) in [7, 11) is -3.18. The maximum atomic E-state index is 12.9. The number of nitrogens with one attached hydrogen (secondary N) is 1. The molecule has 1 aliphatic heterocycles. The fourth-order valence-electron chi connectivity index (χ4n) is 4.31. The highest BCUT2D eigenvalue weighted by Crippen LogP contribution is 2.31. The molecule has 7 nitrogen and oxygen atoms in total. The average Bonchev–Trinajstić information content (AvgIpc) is 3.05. The van der Waals surface area contributed by atoms with Crippen molar-refractivity contribution in [1.82, 2.24) is 13.8 Å². The Morgan fingerprint density at radius 2 is 1.70 bits per heavy atom. The molecule has 4 rings (SSSR count). The van der Waals surface area contributed by atoms with Crippen LogP contribution in [0, 0.1) is 0 Å². The van der Waals surface area contributed by atoms with E-state index in [1.807, 2.05) is 36.1 Å². The molecule has 0 aliphatic carbocycles. The Hall–Kier alpha value is -2.42. The SMILES string of the molecule is CCn1c2ccccc2c2cc(NC(=O)[C@H](C)N3CCN(S(C)(=O)=O)CC3)ccc21. The summed E-state index contributed by atoms with van der Waals surface area (Å²) < 4.78 is 27.1. The zero-order valence-corrected chi connectivity index (χ0v) is 18.4. The van der Waals surface area contributed by atoms with E-state index in [2.05, 4.69) is 35.0 Å². The Bertz CT molecular complexity index is 1190. The van der Waals surface area contributed by atoms with Crippen LogP contribution in [0.2, 0.25) is 0 Å². The molecule has 2 heterocycles. The van der Waals surface area contributed by atoms with Crippen LogP contribution in [0.1, 0.15) is 13.8 Å². The largest absolute Gasteiger partial charge is 0.341 e. The summed E-state index contributed by atoms with van der Waals surface area (Å²) in [6, 6.07) is 14.0. The van der Waals surface area contributed by atoms with E-state index in [0.717, 1.165) is 23.1 Å². The van der Waals surface area contributed by atoms with Crippen molar-refractivity contribution >= 4 is 43.4 Å². The van der Waals surface area contributed by atoms with Crippen LogP contribution in [0.5, 0.6) is 0 Å². The summed E-state index contributed by atoms with van der Waals surface area (Å²) in [4.78, 5) is 14.9. The van der Waals surface area contributed by atoms with Gasteiger partial charge in [0.05, 0.1) is 12.3 Å². The van der Waals surface area contributed by atoms with Crippen LogP contribution in [0.15, 0.2) is 42.5 Å². The molecule has 30 heavy (non-hydrogen) atoms. The number of benzene rings is 2. The highest BCUT2D eigenvalue weighted by atomic mass is 32.2. The van der Waals surface area contributed by atoms with Crippen molar-refractivity contribution in [2.24, 2.45) is 0 Å². The number of amides is 1. The van der Waals surface area contributed by atoms with E-state index in [9.17, 15) is 13.2 Å². The van der Waals surface area contributed by atoms with E-state index in [0.29, 0.717) is 26.2 Å². The molecule has 0 unspecified atom stereocenters. The molecular weight excluding hydrogens is 400 g/mol. The first-order valence-electron chi connectivity index (χ1n) is 10.3. The van der Waals surface area contributed by atoms with Crippen LogP contribution in [0.3, 0.4) is 0 Å². The molecule has 1 fully saturated rings. The lowest BCUT2D eigenvalue weighted by molar-refractivity contribution is -0.121. The van der Waals surface area contributed by atoms with E-state index in [1.165, 1.54) is 21.5 Å². The van der Waals surface area contributed by atoms with Gasteiger partial charge in [0.15, 0.2) is 0 Å². The molecule has 1 aliphatic rings. The number of hydrogen-bond acceptors (Lipinski definition) is 4. The van der Waals surface area contributed by atoms with Gasteiger partial charge in [0.1, 0.15) is 0 Å². The predicted molar refractivity (Wildman–Crippen MR) is 121 cm³/mol. The summed E-state index contributed by atoms with van der Waals surface area (Å²) in [6.07, 6.45) is 1.23. The van der Waals surface area contributed by atoms with Crippen LogP contribution in [-0.4, -0.2) is 66.6 Å². The highest BCUT2D eigenvalue weighted by Gasteiger charge is 2.28. The second-order valence-corrected chi connectivity index (χ2v) is 9.84. The standard InChI is InChI=1S/C22H28N4O3S/c1-4-26-20-8-6-5-7-18(20)19-15-17(9-10-21(19)26)23-22(27)16(2)24-11-13-25(14-12-24)30(3,28)29/h5-10,15-16H,4,11-14H2,1-3H3,(H,23,27)/t16-/m0/s1. The Morgan fingerprint density at radius 1 is 1.03 bits per heavy atom. The van der Waals surface area contributed by atoms with Crippen molar-refractivity contribution in [1.29, 1.82) is 0 Å². The second kappa shape index (κ2) is 8.02. The number of rotatable bonds is 5. The Morgan fingerprint density at radius 3 is 2.37 bits per heavy atom. The molecular formula is C22H28N4O3S. The van der Waals surface area contributed by atoms with Crippen LogP contribution in [0.25, 0.3) is 21.8 Å². The van der Waals surface area contributed by atoms with Gasteiger partial charge >= 0.3 is 0 Å². The topological polar surface area (TPSA) is 74.7 Å². The Labute approximate surface area is 177 Å². The van der Waals surface area contributed by atoms with Gasteiger partial charge in [0.2, 0.25) is 15.9 Å². The predicted octanol–water partition coefficient (Wildman–Crippen LogP) is 2.72. The normalized spacial score (nSPS) is 17.4. The van der Waals surface area contributed by atoms with Gasteiger partial charge < -0.3 is 9.88 Å². The molecule has 1 N–H and O–H groups in total. The zero-order valence-electron chi connectivity index (χ0n) is 17.6. The van der Waals surface area contributed by atoms with Crippen LogP contribution >= 0.6 is 0 Å². The van der Waals surface area contributed by atoms with Crippen LogP contribution in [0.4, 0.5) is 5.69 Å². The lowest BCUT2D eigenvalue weighted by atomic mass is 10.1. The van der Waals surface area contributed by atoms with Gasteiger partial charge in [-0.2, -0.15) is 4.31 Å². The minimum atomic E-state index is -3.18. The lowest BCUT2D eigenvalue weighted by Gasteiger charge is -2.36. The molecule has 0 spiro atoms. The second-order valence-electron chi connectivity index (χ2n) is 7.86. The van der Waals surface area contributed by atoms with Gasteiger partial charge in [0, 0.05) is 60.2 Å². The molecule has 1 saturated heterocycles. The zero-order chi connectivity index (χ0) is 21.5. The lowest BCUT2D eigenvalue weighted by Crippen LogP contribution is -2.53. The van der Waals surface area contributed by atoms with Gasteiger partial charge in [-0.3, -0.25) is 9.69 Å². The number of piperazine rings is 1. The van der Waals surface area contributed by atoms with Gasteiger partial charge in [-0.05, 0) is 38.1 Å². The first-order valence-corrected chi connectivity index (χ1v) is 12.2. The molecule has 0 radical (unpaired) electrons. The van der Waals surface area contributed by atoms with Crippen molar-refractivity contribution < 1.29 is 13.2 Å². The third-order valence-electron chi connectivity index (χ3n) is 6.03. The first kappa shape index (κ1) is 20.8. The molecule has 8 heteroatoms. The number of anilines is 1. The number of para-hydroxylation sites is 1. The number of nitrogens with zero attached hydrogens (tertiary/aromatic N) is 3. The molecule has 2 aromatic carbocycles. The van der Waals surface area contributed by atoms with Crippen molar-refractivity contribution in [3.8, 4) is 0 Å². The van der Waals surface area contributed by atoms with Crippen molar-refractivity contribution in [2.75, 3.05) is 37.8 Å². The van der Waals surface area contributed by atoms with Crippen molar-refractivity contribution in [2.45, 2.75) is 26.4 Å². The van der Waals surface area contributed by atoms with Crippen LogP contribution in [-0.2, 0) is 21.4 Å². The summed E-state index contributed by atoms with van der Waals surface area (Å²) >= 11 is 0. The van der Waals surface area contributed by atoms with Gasteiger partial charge in [-0.15, -0.1) is 0 Å². The van der Waals surface area contributed by atoms with E-state index < -0.39 is 10.0 Å². The number of aryl methyl sites for hydroxylation is 1. The third kappa shape index (κ3) is 3.82. The first-order chi connectivity index (χ1) is 14.3. The maximum Gasteiger partial charge on any atom is 0.241 e. The van der Waals surface area contributed by atoms with E-state index in [-0.39, 0.29) is 11.9 Å². The summed E-state index contributed by atoms with van der Waals surface area (Å²) in [5, 5.41) is 5.34. The quantitative estimate of drug-likeness (QED) is 0.678. The van der Waals surface area contributed by atoms with E-state index in [1.54, 1.807) is 0 Å². The molecule has 0 bridgehead atoms. The van der Waals surface area contributed by atoms with E-state index >= 15 is 0 Å². The number of fused-ring (bicyclic) bond motifs is 3. The Kier molecular flexibility index (Phi) is 5.57. The number of sulfonamides is 1. The van der Waals surface area contributed by atoms with Gasteiger partial charge in [0.25, 0.3) is 0 Å². The number of aromatic nitrogens is 1. The minimum absolute atomic E-state index is 0.0821. The van der Waals surface area contributed by atoms with Gasteiger partial charge in [-0.25, -0.2) is 8.42 Å². The molecule has 1 aromatic heterocycles. The fraction of sp³-hybridized carbons (Fsp3) is 0.409. The summed E-state index contributed by atoms with van der Waals surface area (Å²) in [5.41, 5.74) is 3.12. The molecule has 3 aromatic rings. The molecule has 1 atom stereocenters. The van der Waals surface area contributed by atoms with Crippen molar-refractivity contribution in [3.05, 3.63) is 42.5 Å². The molecule has 160 valence electrons. The summed E-state index contributed by atoms with van der Waals surface area (Å²) in [6.45, 7) is 6.80. The number of carbonyl (C=O) groups is 1. The number of carbonyl (C=O) groups excluding carboxylic acids is 1. The highest BCUT2D eigenvalue weighted by molar-refractivity contribution is 7.88. The van der Waals surface area contributed by atoms with Gasteiger partial charge in [-0.1, -0.05) is 18.2 Å². The Balaban J connectivity index is 1.51. The molecule has 1 amide bonds. The smallest absolute Gasteiger partial charge is 0.241 e. The minimum Gasteiger partial charge on any atom is -0.341 e. The maximum absolute atomic E-state index is 12.9. The van der Waals surface area contributed by atoms with E-state index in [4.69, 9.17) is 0 Å². The van der Waals surface area contributed by atoms with Crippen molar-refractivity contribution in [3.63, 3.8) is 0 Å². The monoisotopic (exact) mass is 428 g/mol. The summed E-state index contributed by atoms with van der Waals surface area (Å²) in [5.74, 6) is -0.0821.